The molecular formula is C27H27F3. The molecule has 1 fully saturated rings. The van der Waals surface area contributed by atoms with Crippen molar-refractivity contribution in [2.24, 2.45) is 11.8 Å². The van der Waals surface area contributed by atoms with Crippen LogP contribution in [0.4, 0.5) is 13.2 Å². The summed E-state index contributed by atoms with van der Waals surface area (Å²) in [6, 6.07) is 14.5. The first kappa shape index (κ1) is 20.7. The lowest BCUT2D eigenvalue weighted by molar-refractivity contribution is 0.212. The largest absolute Gasteiger partial charge is 0.239 e. The van der Waals surface area contributed by atoms with E-state index in [-0.39, 0.29) is 11.7 Å². The molecule has 2 aliphatic carbocycles. The van der Waals surface area contributed by atoms with Crippen LogP contribution >= 0.6 is 0 Å². The van der Waals surface area contributed by atoms with Gasteiger partial charge >= 0.3 is 0 Å². The number of hydrogen-bond acceptors (Lipinski definition) is 0. The highest BCUT2D eigenvalue weighted by Crippen LogP contribution is 2.41. The van der Waals surface area contributed by atoms with E-state index in [2.05, 4.69) is 6.08 Å². The minimum atomic E-state index is -1.61. The van der Waals surface area contributed by atoms with Crippen molar-refractivity contribution in [2.45, 2.75) is 45.0 Å². The van der Waals surface area contributed by atoms with Crippen molar-refractivity contribution in [1.82, 2.24) is 0 Å². The fraction of sp³-hybridized carbons (Fsp3) is 0.333. The van der Waals surface area contributed by atoms with Crippen LogP contribution in [0.1, 0.15) is 42.4 Å². The van der Waals surface area contributed by atoms with Crippen LogP contribution in [0.2, 0.25) is 0 Å². The van der Waals surface area contributed by atoms with Gasteiger partial charge in [-0.15, -0.1) is 0 Å². The Bertz CT molecular complexity index is 963. The minimum Gasteiger partial charge on any atom is -0.239 e. The molecule has 30 heavy (non-hydrogen) atoms. The van der Waals surface area contributed by atoms with E-state index in [4.69, 9.17) is 0 Å². The Labute approximate surface area is 176 Å². The molecular weight excluding hydrogens is 381 g/mol. The lowest BCUT2D eigenvalue weighted by Gasteiger charge is -2.33. The second-order valence-electron chi connectivity index (χ2n) is 8.44. The highest BCUT2D eigenvalue weighted by atomic mass is 19.2. The topological polar surface area (TPSA) is 0 Å². The molecule has 0 heterocycles. The van der Waals surface area contributed by atoms with Crippen molar-refractivity contribution in [2.75, 3.05) is 0 Å². The third kappa shape index (κ3) is 4.45. The summed E-state index contributed by atoms with van der Waals surface area (Å²) < 4.78 is 43.5. The van der Waals surface area contributed by atoms with E-state index >= 15 is 0 Å². The number of alkyl halides is 2. The Morgan fingerprint density at radius 1 is 0.867 bits per heavy atom. The van der Waals surface area contributed by atoms with E-state index in [0.717, 1.165) is 36.8 Å². The van der Waals surface area contributed by atoms with Gasteiger partial charge in [0.2, 0.25) is 0 Å². The summed E-state index contributed by atoms with van der Waals surface area (Å²) >= 11 is 0. The Hall–Kier alpha value is -2.55. The van der Waals surface area contributed by atoms with Gasteiger partial charge in [0.15, 0.2) is 12.3 Å². The maximum atomic E-state index is 15.0. The predicted molar refractivity (Wildman–Crippen MR) is 118 cm³/mol. The van der Waals surface area contributed by atoms with Gasteiger partial charge in [-0.1, -0.05) is 66.8 Å². The molecule has 2 atom stereocenters. The van der Waals surface area contributed by atoms with Gasteiger partial charge in [-0.05, 0) is 78.3 Å². The zero-order valence-corrected chi connectivity index (χ0v) is 17.2. The summed E-state index contributed by atoms with van der Waals surface area (Å²) in [5.74, 6) is 0.292. The first-order valence-electron chi connectivity index (χ1n) is 10.7. The maximum absolute atomic E-state index is 15.0. The van der Waals surface area contributed by atoms with Crippen molar-refractivity contribution in [3.8, 4) is 0 Å². The molecule has 0 aliphatic heterocycles. The second kappa shape index (κ2) is 9.07. The Morgan fingerprint density at radius 3 is 2.30 bits per heavy atom. The van der Waals surface area contributed by atoms with Gasteiger partial charge in [-0.3, -0.25) is 0 Å². The summed E-state index contributed by atoms with van der Waals surface area (Å²) in [4.78, 5) is 0. The van der Waals surface area contributed by atoms with E-state index in [9.17, 15) is 13.2 Å². The van der Waals surface area contributed by atoms with Gasteiger partial charge in [0, 0.05) is 0 Å². The zero-order chi connectivity index (χ0) is 21.1. The Balaban J connectivity index is 1.40. The average molecular weight is 409 g/mol. The fourth-order valence-corrected chi connectivity index (χ4v) is 4.55. The summed E-state index contributed by atoms with van der Waals surface area (Å²) in [5.41, 5.74) is 3.27. The Morgan fingerprint density at radius 2 is 1.60 bits per heavy atom. The minimum absolute atomic E-state index is 0.0910. The lowest BCUT2D eigenvalue weighted by Crippen LogP contribution is -2.29. The van der Waals surface area contributed by atoms with Crippen molar-refractivity contribution in [1.29, 1.82) is 0 Å². The molecule has 0 N–H and O–H groups in total. The molecule has 0 aromatic heterocycles. The number of aryl methyl sites for hydroxylation is 1. The molecule has 2 unspecified atom stereocenters. The van der Waals surface area contributed by atoms with E-state index in [1.807, 2.05) is 42.5 Å². The molecule has 2 aliphatic rings. The van der Waals surface area contributed by atoms with E-state index in [1.165, 1.54) is 0 Å². The van der Waals surface area contributed by atoms with Gasteiger partial charge in [0.05, 0.1) is 0 Å². The van der Waals surface area contributed by atoms with Crippen LogP contribution in [-0.4, -0.2) is 12.3 Å². The molecule has 156 valence electrons. The SMILES string of the molecule is Cc1ccc(/C=C/C2CCC(C3=CC=C(c4ccccc4)C(F)C3F)CC2)cc1F. The van der Waals surface area contributed by atoms with Gasteiger partial charge in [0.25, 0.3) is 0 Å². The molecule has 3 heteroatoms. The smallest absolute Gasteiger partial charge is 0.161 e. The van der Waals surface area contributed by atoms with Crippen LogP contribution in [0, 0.1) is 24.6 Å². The van der Waals surface area contributed by atoms with Crippen LogP contribution in [0.25, 0.3) is 11.6 Å². The van der Waals surface area contributed by atoms with Crippen LogP contribution in [0.3, 0.4) is 0 Å². The Kier molecular flexibility index (Phi) is 6.26. The second-order valence-corrected chi connectivity index (χ2v) is 8.44. The summed E-state index contributed by atoms with van der Waals surface area (Å²) in [6.45, 7) is 1.75. The zero-order valence-electron chi connectivity index (χ0n) is 17.2. The number of rotatable bonds is 4. The van der Waals surface area contributed by atoms with E-state index in [1.54, 1.807) is 31.2 Å². The molecule has 2 aromatic carbocycles. The summed E-state index contributed by atoms with van der Waals surface area (Å²) in [5, 5.41) is 0. The van der Waals surface area contributed by atoms with Crippen molar-refractivity contribution in [3.63, 3.8) is 0 Å². The summed E-state index contributed by atoms with van der Waals surface area (Å²) in [6.07, 6.45) is 8.06. The number of halogens is 3. The first-order chi connectivity index (χ1) is 14.5. The van der Waals surface area contributed by atoms with Gasteiger partial charge < -0.3 is 0 Å². The molecule has 0 nitrogen and oxygen atoms in total. The van der Waals surface area contributed by atoms with Gasteiger partial charge in [0.1, 0.15) is 5.82 Å². The molecule has 0 bridgehead atoms. The lowest BCUT2D eigenvalue weighted by atomic mass is 9.74. The molecule has 2 aromatic rings. The van der Waals surface area contributed by atoms with E-state index < -0.39 is 12.3 Å². The van der Waals surface area contributed by atoms with Gasteiger partial charge in [-0.25, -0.2) is 13.2 Å². The number of hydrogen-bond donors (Lipinski definition) is 0. The highest BCUT2D eigenvalue weighted by molar-refractivity contribution is 5.73. The third-order valence-corrected chi connectivity index (χ3v) is 6.43. The maximum Gasteiger partial charge on any atom is 0.161 e. The monoisotopic (exact) mass is 408 g/mol. The van der Waals surface area contributed by atoms with Crippen LogP contribution < -0.4 is 0 Å². The predicted octanol–water partition coefficient (Wildman–Crippen LogP) is 7.65. The van der Waals surface area contributed by atoms with Crippen LogP contribution in [-0.2, 0) is 0 Å². The molecule has 0 spiro atoms. The third-order valence-electron chi connectivity index (χ3n) is 6.43. The van der Waals surface area contributed by atoms with E-state index in [0.29, 0.717) is 22.6 Å². The average Bonchev–Trinajstić information content (AvgIpc) is 2.77. The molecule has 0 saturated heterocycles. The summed E-state index contributed by atoms with van der Waals surface area (Å²) in [7, 11) is 0. The fourth-order valence-electron chi connectivity index (χ4n) is 4.55. The van der Waals surface area contributed by atoms with Crippen molar-refractivity contribution < 1.29 is 13.2 Å². The first-order valence-corrected chi connectivity index (χ1v) is 10.7. The molecule has 0 amide bonds. The van der Waals surface area contributed by atoms with Crippen molar-refractivity contribution in [3.05, 3.63) is 94.8 Å². The van der Waals surface area contributed by atoms with Crippen LogP contribution in [0.5, 0.6) is 0 Å². The highest BCUT2D eigenvalue weighted by Gasteiger charge is 2.35. The molecule has 0 radical (unpaired) electrons. The number of allylic oxidation sites excluding steroid dienone is 5. The van der Waals surface area contributed by atoms with Crippen molar-refractivity contribution >= 4 is 11.6 Å². The molecule has 4 rings (SSSR count). The quantitative estimate of drug-likeness (QED) is 0.487. The van der Waals surface area contributed by atoms with Crippen LogP contribution in [0.15, 0.2) is 72.3 Å². The molecule has 1 saturated carbocycles. The standard InChI is InChI=1S/C27H27F3/c1-18-7-8-20(17-25(18)28)10-9-19-11-13-22(14-12-19)24-16-15-23(26(29)27(24)30)21-5-3-2-4-6-21/h2-10,15-17,19,22,26-27H,11-14H2,1H3/b10-9+. The normalized spacial score (nSPS) is 27.1. The number of benzene rings is 2. The van der Waals surface area contributed by atoms with Gasteiger partial charge in [-0.2, -0.15) is 0 Å².